The highest BCUT2D eigenvalue weighted by Crippen LogP contribution is 2.40. The van der Waals surface area contributed by atoms with Crippen molar-refractivity contribution in [2.24, 2.45) is 0 Å². The van der Waals surface area contributed by atoms with Crippen molar-refractivity contribution in [1.82, 2.24) is 15.2 Å². The fourth-order valence-corrected chi connectivity index (χ4v) is 5.50. The van der Waals surface area contributed by atoms with Crippen molar-refractivity contribution in [2.45, 2.75) is 44.7 Å². The number of nitrogens with zero attached hydrogens (tertiary/aromatic N) is 2. The van der Waals surface area contributed by atoms with Crippen molar-refractivity contribution in [3.05, 3.63) is 27.9 Å². The van der Waals surface area contributed by atoms with Gasteiger partial charge in [0.15, 0.2) is 5.13 Å². The van der Waals surface area contributed by atoms with Crippen LogP contribution < -0.4 is 10.6 Å². The summed E-state index contributed by atoms with van der Waals surface area (Å²) in [6.45, 7) is 6.08. The Morgan fingerprint density at radius 3 is 2.61 bits per heavy atom. The van der Waals surface area contributed by atoms with Gasteiger partial charge in [-0.1, -0.05) is 11.6 Å². The molecule has 0 aliphatic carbocycles. The number of aliphatic carboxylic acids is 1. The molecule has 15 heteroatoms. The number of thioether (sulfide) groups is 1. The summed E-state index contributed by atoms with van der Waals surface area (Å²) in [7, 11) is 0. The fourth-order valence-electron chi connectivity index (χ4n) is 3.27. The molecule has 3 N–H and O–H groups in total. The summed E-state index contributed by atoms with van der Waals surface area (Å²) in [5.74, 6) is -3.05. The normalized spacial score (nSPS) is 19.8. The molecule has 2 aliphatic heterocycles. The molecule has 2 aliphatic rings. The number of amides is 3. The highest BCUT2D eigenvalue weighted by atomic mass is 35.5. The summed E-state index contributed by atoms with van der Waals surface area (Å²) < 4.78 is 10.1. The Hall–Kier alpha value is -3.10. The Morgan fingerprint density at radius 2 is 2.03 bits per heavy atom. The molecule has 3 heterocycles. The Morgan fingerprint density at radius 1 is 1.33 bits per heavy atom. The number of aromatic nitrogens is 1. The fraction of sp³-hybridized carbons (Fsp3) is 0.429. The third kappa shape index (κ3) is 6.17. The van der Waals surface area contributed by atoms with Crippen LogP contribution in [-0.2, 0) is 28.7 Å². The van der Waals surface area contributed by atoms with Crippen molar-refractivity contribution in [2.75, 3.05) is 17.7 Å². The number of nitrogens with one attached hydrogen (secondary N) is 2. The summed E-state index contributed by atoms with van der Waals surface area (Å²) in [4.78, 5) is 65.8. The van der Waals surface area contributed by atoms with Crippen LogP contribution in [0.5, 0.6) is 0 Å². The number of β-lactam (4-membered cyclic amide) rings is 1. The summed E-state index contributed by atoms with van der Waals surface area (Å²) in [6, 6.07) is -1.00. The van der Waals surface area contributed by atoms with Gasteiger partial charge in [-0.3, -0.25) is 24.6 Å². The number of hydrogen-bond acceptors (Lipinski definition) is 10. The lowest BCUT2D eigenvalue weighted by Gasteiger charge is -2.49. The molecule has 1 saturated heterocycles. The molecule has 36 heavy (non-hydrogen) atoms. The Bertz CT molecular complexity index is 1170. The monoisotopic (exact) mass is 558 g/mol. The van der Waals surface area contributed by atoms with Crippen LogP contribution in [0.3, 0.4) is 0 Å². The minimum atomic E-state index is -1.34. The van der Waals surface area contributed by atoms with E-state index in [1.54, 1.807) is 20.8 Å². The first-order chi connectivity index (χ1) is 16.8. The van der Waals surface area contributed by atoms with Crippen LogP contribution in [0.1, 0.15) is 33.4 Å². The molecule has 12 nitrogen and oxygen atoms in total. The average Bonchev–Trinajstić information content (AvgIpc) is 3.21. The third-order valence-electron chi connectivity index (χ3n) is 4.73. The first-order valence-corrected chi connectivity index (χ1v) is 12.8. The van der Waals surface area contributed by atoms with Gasteiger partial charge in [0.1, 0.15) is 29.3 Å². The molecule has 3 amide bonds. The number of thiazole rings is 1. The van der Waals surface area contributed by atoms with E-state index in [-0.39, 0.29) is 40.0 Å². The standard InChI is InChI=1S/C21H23ClN4O8S2/c1-9(27)33-6-10-7-35-17-13(16(29)26(17)14(10)18(30)31)24-15(28)11(5-22)12-8-36-19(23-12)25-20(32)34-21(2,3)4/h5,8,13,17H,6-7H2,1-4H3,(H,24,28)(H,30,31)(H,23,25,32)/b11-5+/t13?,17-/m1/s1. The molecule has 0 aromatic carbocycles. The maximum Gasteiger partial charge on any atom is 0.413 e. The van der Waals surface area contributed by atoms with Crippen LogP contribution in [0.25, 0.3) is 5.57 Å². The van der Waals surface area contributed by atoms with Crippen LogP contribution >= 0.6 is 34.7 Å². The van der Waals surface area contributed by atoms with E-state index in [1.807, 2.05) is 0 Å². The second-order valence-corrected chi connectivity index (χ2v) is 10.8. The summed E-state index contributed by atoms with van der Waals surface area (Å²) in [5.41, 5.74) is 0.417. The van der Waals surface area contributed by atoms with Crippen molar-refractivity contribution >= 4 is 75.3 Å². The van der Waals surface area contributed by atoms with E-state index in [1.165, 1.54) is 24.1 Å². The molecule has 1 aromatic heterocycles. The smallest absolute Gasteiger partial charge is 0.413 e. The quantitative estimate of drug-likeness (QED) is 0.257. The van der Waals surface area contributed by atoms with Crippen LogP contribution in [0.2, 0.25) is 0 Å². The molecule has 0 bridgehead atoms. The van der Waals surface area contributed by atoms with Crippen LogP contribution in [-0.4, -0.2) is 74.2 Å². The number of carbonyl (C=O) groups excluding carboxylic acids is 4. The van der Waals surface area contributed by atoms with Gasteiger partial charge in [-0.2, -0.15) is 0 Å². The van der Waals surface area contributed by atoms with Gasteiger partial charge in [-0.05, 0) is 20.8 Å². The number of rotatable bonds is 7. The molecular formula is C21H23ClN4O8S2. The van der Waals surface area contributed by atoms with E-state index in [2.05, 4.69) is 15.6 Å². The molecule has 0 saturated carbocycles. The number of fused-ring (bicyclic) bond motifs is 1. The lowest BCUT2D eigenvalue weighted by atomic mass is 10.0. The zero-order chi connectivity index (χ0) is 26.8. The molecule has 1 fully saturated rings. The van der Waals surface area contributed by atoms with Crippen molar-refractivity contribution in [3.63, 3.8) is 0 Å². The van der Waals surface area contributed by atoms with E-state index in [9.17, 15) is 29.1 Å². The average molecular weight is 559 g/mol. The van der Waals surface area contributed by atoms with E-state index in [0.717, 1.165) is 21.8 Å². The third-order valence-corrected chi connectivity index (χ3v) is 7.04. The summed E-state index contributed by atoms with van der Waals surface area (Å²) in [6.07, 6.45) is -0.714. The van der Waals surface area contributed by atoms with E-state index >= 15 is 0 Å². The van der Waals surface area contributed by atoms with Gasteiger partial charge < -0.3 is 19.9 Å². The Kier molecular flexibility index (Phi) is 8.31. The molecule has 1 unspecified atom stereocenters. The molecule has 3 rings (SSSR count). The molecule has 2 atom stereocenters. The predicted molar refractivity (Wildman–Crippen MR) is 132 cm³/mol. The van der Waals surface area contributed by atoms with Crippen molar-refractivity contribution in [1.29, 1.82) is 0 Å². The highest BCUT2D eigenvalue weighted by molar-refractivity contribution is 8.00. The SMILES string of the molecule is CC(=O)OCC1=C(C(=O)O)N2C(=O)C(NC(=O)/C(=C/Cl)c3csc(NC(=O)OC(C)(C)C)n3)[C@H]2SC1. The molecule has 1 aromatic rings. The van der Waals surface area contributed by atoms with Gasteiger partial charge in [0.25, 0.3) is 11.8 Å². The molecule has 0 radical (unpaired) electrons. The van der Waals surface area contributed by atoms with Gasteiger partial charge in [0, 0.05) is 29.2 Å². The summed E-state index contributed by atoms with van der Waals surface area (Å²) in [5, 5.41) is 15.7. The second-order valence-electron chi connectivity index (χ2n) is 8.59. The van der Waals surface area contributed by atoms with Gasteiger partial charge in [0.05, 0.1) is 11.3 Å². The number of carboxylic acids is 1. The minimum absolute atomic E-state index is 0.0539. The maximum absolute atomic E-state index is 12.9. The second kappa shape index (κ2) is 10.9. The Labute approximate surface area is 219 Å². The number of esters is 1. The van der Waals surface area contributed by atoms with Gasteiger partial charge >= 0.3 is 18.0 Å². The summed E-state index contributed by atoms with van der Waals surface area (Å²) >= 11 is 8.14. The predicted octanol–water partition coefficient (Wildman–Crippen LogP) is 2.37. The van der Waals surface area contributed by atoms with E-state index in [4.69, 9.17) is 21.1 Å². The van der Waals surface area contributed by atoms with Crippen LogP contribution in [0.4, 0.5) is 9.93 Å². The topological polar surface area (TPSA) is 164 Å². The lowest BCUT2D eigenvalue weighted by molar-refractivity contribution is -0.150. The highest BCUT2D eigenvalue weighted by Gasteiger charge is 2.54. The van der Waals surface area contributed by atoms with Crippen molar-refractivity contribution in [3.8, 4) is 0 Å². The minimum Gasteiger partial charge on any atom is -0.477 e. The molecular weight excluding hydrogens is 536 g/mol. The number of ether oxygens (including phenoxy) is 2. The maximum atomic E-state index is 12.9. The lowest BCUT2D eigenvalue weighted by Crippen LogP contribution is -2.70. The van der Waals surface area contributed by atoms with Crippen LogP contribution in [0.15, 0.2) is 22.2 Å². The number of anilines is 1. The first kappa shape index (κ1) is 27.5. The van der Waals surface area contributed by atoms with Gasteiger partial charge in [0.2, 0.25) is 0 Å². The number of carbonyl (C=O) groups is 5. The number of hydrogen-bond donors (Lipinski definition) is 3. The molecule has 194 valence electrons. The Balaban J connectivity index is 1.68. The largest absolute Gasteiger partial charge is 0.477 e. The van der Waals surface area contributed by atoms with Gasteiger partial charge in [-0.25, -0.2) is 14.6 Å². The van der Waals surface area contributed by atoms with Crippen molar-refractivity contribution < 1.29 is 38.6 Å². The number of halogens is 1. The van der Waals surface area contributed by atoms with Crippen LogP contribution in [0, 0.1) is 0 Å². The van der Waals surface area contributed by atoms with E-state index in [0.29, 0.717) is 0 Å². The zero-order valence-corrected chi connectivity index (χ0v) is 22.0. The first-order valence-electron chi connectivity index (χ1n) is 10.4. The zero-order valence-electron chi connectivity index (χ0n) is 19.6. The van der Waals surface area contributed by atoms with E-state index < -0.39 is 46.9 Å². The number of carboxylic acid groups (broad SMARTS) is 1. The molecule has 0 spiro atoms. The van der Waals surface area contributed by atoms with Gasteiger partial charge in [-0.15, -0.1) is 23.1 Å².